The van der Waals surface area contributed by atoms with Crippen molar-refractivity contribution in [3.8, 4) is 5.69 Å². The number of nitrogens with one attached hydrogen (secondary N) is 1. The van der Waals surface area contributed by atoms with E-state index in [0.29, 0.717) is 12.3 Å². The van der Waals surface area contributed by atoms with Crippen LogP contribution < -0.4 is 5.32 Å². The predicted octanol–water partition coefficient (Wildman–Crippen LogP) is 2.44. The van der Waals surface area contributed by atoms with E-state index in [4.69, 9.17) is 0 Å². The van der Waals surface area contributed by atoms with Gasteiger partial charge in [-0.05, 0) is 18.6 Å². The van der Waals surface area contributed by atoms with Gasteiger partial charge in [0.25, 0.3) is 0 Å². The summed E-state index contributed by atoms with van der Waals surface area (Å²) in [7, 11) is 0. The monoisotopic (exact) mass is 345 g/mol. The Morgan fingerprint density at radius 2 is 2.22 bits per heavy atom. The summed E-state index contributed by atoms with van der Waals surface area (Å²) >= 11 is 2.90. The van der Waals surface area contributed by atoms with Crippen LogP contribution in [0.1, 0.15) is 10.6 Å². The summed E-state index contributed by atoms with van der Waals surface area (Å²) in [6.07, 6.45) is 5.36. The Kier molecular flexibility index (Phi) is 5.04. The lowest BCUT2D eigenvalue weighted by atomic mass is 10.1. The number of rotatable bonds is 6. The molecule has 0 atom stereocenters. The van der Waals surface area contributed by atoms with Gasteiger partial charge < -0.3 is 9.88 Å². The summed E-state index contributed by atoms with van der Waals surface area (Å²) in [5, 5.41) is 11.8. The third-order valence-electron chi connectivity index (χ3n) is 3.08. The molecule has 2 heterocycles. The molecule has 6 nitrogen and oxygen atoms in total. The standard InChI is InChI=1S/C15H15N5OS2/c1-11-18-19-15(23-11)22-9-14(21)17-8-12-4-2-3-5-13(12)20-7-6-16-10-20/h2-7,10H,8-9H2,1H3,(H,17,21). The van der Waals surface area contributed by atoms with E-state index in [1.54, 1.807) is 12.5 Å². The summed E-state index contributed by atoms with van der Waals surface area (Å²) in [5.41, 5.74) is 2.05. The van der Waals surface area contributed by atoms with Crippen LogP contribution in [-0.2, 0) is 11.3 Å². The molecule has 0 radical (unpaired) electrons. The zero-order valence-corrected chi connectivity index (χ0v) is 14.1. The maximum Gasteiger partial charge on any atom is 0.230 e. The highest BCUT2D eigenvalue weighted by atomic mass is 32.2. The lowest BCUT2D eigenvalue weighted by Crippen LogP contribution is -2.25. The highest BCUT2D eigenvalue weighted by Crippen LogP contribution is 2.21. The first-order valence-electron chi connectivity index (χ1n) is 6.98. The smallest absolute Gasteiger partial charge is 0.230 e. The second-order valence-corrected chi connectivity index (χ2v) is 7.16. The van der Waals surface area contributed by atoms with Gasteiger partial charge in [0.15, 0.2) is 4.34 Å². The normalized spacial score (nSPS) is 10.7. The molecule has 0 fully saturated rings. The SMILES string of the molecule is Cc1nnc(SCC(=O)NCc2ccccc2-n2ccnc2)s1. The van der Waals surface area contributed by atoms with Crippen LogP contribution in [0, 0.1) is 6.92 Å². The van der Waals surface area contributed by atoms with E-state index in [-0.39, 0.29) is 5.91 Å². The van der Waals surface area contributed by atoms with E-state index >= 15 is 0 Å². The summed E-state index contributed by atoms with van der Waals surface area (Å²) in [5.74, 6) is 0.310. The molecular formula is C15H15N5OS2. The van der Waals surface area contributed by atoms with Gasteiger partial charge in [0.05, 0.1) is 17.8 Å². The Bertz CT molecular complexity index is 785. The highest BCUT2D eigenvalue weighted by Gasteiger charge is 2.08. The lowest BCUT2D eigenvalue weighted by molar-refractivity contribution is -0.118. The fourth-order valence-corrected chi connectivity index (χ4v) is 3.67. The number of hydrogen-bond donors (Lipinski definition) is 1. The minimum absolute atomic E-state index is 0.0247. The zero-order valence-electron chi connectivity index (χ0n) is 12.5. The first-order valence-corrected chi connectivity index (χ1v) is 8.78. The number of imidazole rings is 1. The average molecular weight is 345 g/mol. The van der Waals surface area contributed by atoms with Gasteiger partial charge in [-0.2, -0.15) is 0 Å². The molecule has 0 bridgehead atoms. The summed E-state index contributed by atoms with van der Waals surface area (Å²) in [6.45, 7) is 2.37. The van der Waals surface area contributed by atoms with Crippen molar-refractivity contribution in [1.82, 2.24) is 25.1 Å². The minimum Gasteiger partial charge on any atom is -0.351 e. The maximum absolute atomic E-state index is 12.0. The second-order valence-electron chi connectivity index (χ2n) is 4.75. The lowest BCUT2D eigenvalue weighted by Gasteiger charge is -2.11. The molecule has 0 saturated heterocycles. The zero-order chi connectivity index (χ0) is 16.1. The van der Waals surface area contributed by atoms with Crippen LogP contribution in [0.2, 0.25) is 0 Å². The molecule has 1 amide bonds. The van der Waals surface area contributed by atoms with Crippen molar-refractivity contribution in [2.24, 2.45) is 0 Å². The van der Waals surface area contributed by atoms with Gasteiger partial charge in [-0.15, -0.1) is 10.2 Å². The molecule has 8 heteroatoms. The molecule has 0 aliphatic carbocycles. The van der Waals surface area contributed by atoms with E-state index < -0.39 is 0 Å². The Morgan fingerprint density at radius 1 is 1.35 bits per heavy atom. The van der Waals surface area contributed by atoms with Crippen molar-refractivity contribution in [1.29, 1.82) is 0 Å². The molecule has 0 unspecified atom stereocenters. The highest BCUT2D eigenvalue weighted by molar-refractivity contribution is 8.01. The Labute approximate surface area is 142 Å². The third-order valence-corrected chi connectivity index (χ3v) is 5.06. The minimum atomic E-state index is -0.0247. The van der Waals surface area contributed by atoms with E-state index in [2.05, 4.69) is 20.5 Å². The fraction of sp³-hybridized carbons (Fsp3) is 0.200. The molecule has 0 aliphatic heterocycles. The number of aryl methyl sites for hydroxylation is 1. The van der Waals surface area contributed by atoms with Gasteiger partial charge in [-0.25, -0.2) is 4.98 Å². The largest absolute Gasteiger partial charge is 0.351 e. The van der Waals surface area contributed by atoms with Crippen LogP contribution in [0.5, 0.6) is 0 Å². The topological polar surface area (TPSA) is 72.7 Å². The number of benzene rings is 1. The molecule has 2 aromatic heterocycles. The van der Waals surface area contributed by atoms with Crippen LogP contribution >= 0.6 is 23.1 Å². The van der Waals surface area contributed by atoms with Crippen molar-refractivity contribution in [3.05, 3.63) is 53.6 Å². The Balaban J connectivity index is 1.57. The van der Waals surface area contributed by atoms with E-state index in [9.17, 15) is 4.79 Å². The molecule has 23 heavy (non-hydrogen) atoms. The summed E-state index contributed by atoms with van der Waals surface area (Å²) in [6, 6.07) is 7.92. The van der Waals surface area contributed by atoms with Crippen LogP contribution in [0.3, 0.4) is 0 Å². The van der Waals surface area contributed by atoms with Crippen molar-refractivity contribution in [3.63, 3.8) is 0 Å². The van der Waals surface area contributed by atoms with Gasteiger partial charge in [0.2, 0.25) is 5.91 Å². The first kappa shape index (κ1) is 15.7. The number of nitrogens with zero attached hydrogens (tertiary/aromatic N) is 4. The van der Waals surface area contributed by atoms with Crippen molar-refractivity contribution in [2.45, 2.75) is 17.8 Å². The molecule has 0 aliphatic rings. The Morgan fingerprint density at radius 3 is 2.96 bits per heavy atom. The van der Waals surface area contributed by atoms with Crippen LogP contribution in [0.15, 0.2) is 47.3 Å². The number of thioether (sulfide) groups is 1. The molecular weight excluding hydrogens is 330 g/mol. The number of carbonyl (C=O) groups excluding carboxylic acids is 1. The Hall–Kier alpha value is -2.19. The average Bonchev–Trinajstić information content (AvgIpc) is 3.23. The van der Waals surface area contributed by atoms with Gasteiger partial charge >= 0.3 is 0 Å². The van der Waals surface area contributed by atoms with Gasteiger partial charge in [0, 0.05) is 18.9 Å². The van der Waals surface area contributed by atoms with Crippen molar-refractivity contribution < 1.29 is 4.79 Å². The van der Waals surface area contributed by atoms with Gasteiger partial charge in [-0.1, -0.05) is 41.3 Å². The number of amides is 1. The fourth-order valence-electron chi connectivity index (χ4n) is 2.02. The maximum atomic E-state index is 12.0. The number of aromatic nitrogens is 4. The summed E-state index contributed by atoms with van der Waals surface area (Å²) in [4.78, 5) is 16.1. The van der Waals surface area contributed by atoms with Crippen LogP contribution in [-0.4, -0.2) is 31.4 Å². The molecule has 1 N–H and O–H groups in total. The first-order chi connectivity index (χ1) is 11.2. The second kappa shape index (κ2) is 7.38. The molecule has 3 aromatic rings. The predicted molar refractivity (Wildman–Crippen MR) is 90.8 cm³/mol. The molecule has 118 valence electrons. The molecule has 1 aromatic carbocycles. The van der Waals surface area contributed by atoms with E-state index in [1.165, 1.54) is 23.1 Å². The van der Waals surface area contributed by atoms with Gasteiger partial charge in [0.1, 0.15) is 5.01 Å². The van der Waals surface area contributed by atoms with E-state index in [1.807, 2.05) is 42.0 Å². The summed E-state index contributed by atoms with van der Waals surface area (Å²) < 4.78 is 2.75. The third kappa shape index (κ3) is 4.17. The van der Waals surface area contributed by atoms with Crippen molar-refractivity contribution >= 4 is 29.0 Å². The quantitative estimate of drug-likeness (QED) is 0.695. The molecule has 3 rings (SSSR count). The van der Waals surface area contributed by atoms with E-state index in [0.717, 1.165) is 20.6 Å². The molecule has 0 spiro atoms. The number of hydrogen-bond acceptors (Lipinski definition) is 6. The van der Waals surface area contributed by atoms with Crippen LogP contribution in [0.4, 0.5) is 0 Å². The van der Waals surface area contributed by atoms with Gasteiger partial charge in [-0.3, -0.25) is 4.79 Å². The van der Waals surface area contributed by atoms with Crippen molar-refractivity contribution in [2.75, 3.05) is 5.75 Å². The van der Waals surface area contributed by atoms with Crippen LogP contribution in [0.25, 0.3) is 5.69 Å². The number of para-hydroxylation sites is 1. The number of carbonyl (C=O) groups is 1. The molecule has 0 saturated carbocycles.